The fraction of sp³-hybridized carbons (Fsp3) is 0.556. The summed E-state index contributed by atoms with van der Waals surface area (Å²) in [5, 5.41) is 0. The minimum atomic E-state index is 0.827. The Morgan fingerprint density at radius 1 is 1.18 bits per heavy atom. The Labute approximate surface area is 73.8 Å². The molecule has 1 aromatic heterocycles. The molecule has 0 unspecified atom stereocenters. The highest BCUT2D eigenvalue weighted by Crippen LogP contribution is 1.93. The largest absolute Gasteiger partial charge is 0.368 e. The molecular formula is C9H16ClN. The summed E-state index contributed by atoms with van der Waals surface area (Å²) in [6, 6.07) is 3.89. The van der Waals surface area contributed by atoms with Gasteiger partial charge in [-0.25, -0.2) is 0 Å². The van der Waals surface area contributed by atoms with Gasteiger partial charge in [-0.2, -0.15) is 0 Å². The Bertz CT molecular complexity index is 105. The Kier molecular flexibility index (Phi) is 9.20. The van der Waals surface area contributed by atoms with Crippen LogP contribution in [0.5, 0.6) is 0 Å². The second-order valence-corrected chi connectivity index (χ2v) is 2.66. The monoisotopic (exact) mass is 173 g/mol. The number of aromatic nitrogens is 1. The Hall–Kier alpha value is -0.430. The van der Waals surface area contributed by atoms with Gasteiger partial charge in [-0.1, -0.05) is 19.8 Å². The van der Waals surface area contributed by atoms with Gasteiger partial charge in [0.2, 0.25) is 0 Å². The van der Waals surface area contributed by atoms with Crippen LogP contribution in [-0.2, 0) is 0 Å². The SMILES string of the molecule is CCCCCCl.c1cc[nH]c1. The highest BCUT2D eigenvalue weighted by Gasteiger charge is 1.76. The van der Waals surface area contributed by atoms with Crippen molar-refractivity contribution in [1.29, 1.82) is 0 Å². The van der Waals surface area contributed by atoms with E-state index in [0.29, 0.717) is 0 Å². The summed E-state index contributed by atoms with van der Waals surface area (Å²) in [5.74, 6) is 0.827. The van der Waals surface area contributed by atoms with Crippen molar-refractivity contribution in [3.05, 3.63) is 24.5 Å². The van der Waals surface area contributed by atoms with Crippen molar-refractivity contribution in [3.63, 3.8) is 0 Å². The lowest BCUT2D eigenvalue weighted by Crippen LogP contribution is -1.70. The molecule has 64 valence electrons. The van der Waals surface area contributed by atoms with E-state index >= 15 is 0 Å². The van der Waals surface area contributed by atoms with Crippen LogP contribution in [-0.4, -0.2) is 10.9 Å². The standard InChI is InChI=1S/C5H11Cl.C4H5N/c1-2-3-4-5-6;1-2-4-5-3-1/h2-5H2,1H3;1-5H. The van der Waals surface area contributed by atoms with Crippen LogP contribution in [0, 0.1) is 0 Å². The normalized spacial score (nSPS) is 8.55. The van der Waals surface area contributed by atoms with Gasteiger partial charge < -0.3 is 4.98 Å². The first kappa shape index (κ1) is 10.6. The Morgan fingerprint density at radius 3 is 2.00 bits per heavy atom. The van der Waals surface area contributed by atoms with Crippen LogP contribution < -0.4 is 0 Å². The maximum Gasteiger partial charge on any atom is 0.0223 e. The number of rotatable bonds is 3. The van der Waals surface area contributed by atoms with Gasteiger partial charge in [0.05, 0.1) is 0 Å². The summed E-state index contributed by atoms with van der Waals surface area (Å²) < 4.78 is 0. The third-order valence-electron chi connectivity index (χ3n) is 1.23. The first-order valence-corrected chi connectivity index (χ1v) is 4.59. The van der Waals surface area contributed by atoms with Gasteiger partial charge >= 0.3 is 0 Å². The van der Waals surface area contributed by atoms with Gasteiger partial charge in [0, 0.05) is 18.3 Å². The Morgan fingerprint density at radius 2 is 1.82 bits per heavy atom. The molecule has 0 saturated carbocycles. The van der Waals surface area contributed by atoms with E-state index in [1.54, 1.807) is 0 Å². The maximum absolute atomic E-state index is 5.38. The molecule has 0 radical (unpaired) electrons. The number of hydrogen-bond acceptors (Lipinski definition) is 0. The zero-order chi connectivity index (χ0) is 8.36. The molecule has 0 saturated heterocycles. The fourth-order valence-electron chi connectivity index (χ4n) is 0.622. The molecule has 0 aromatic carbocycles. The summed E-state index contributed by atoms with van der Waals surface area (Å²) in [7, 11) is 0. The van der Waals surface area contributed by atoms with Crippen molar-refractivity contribution in [2.45, 2.75) is 26.2 Å². The fourth-order valence-corrected chi connectivity index (χ4v) is 0.811. The number of hydrogen-bond donors (Lipinski definition) is 1. The number of aromatic amines is 1. The molecular weight excluding hydrogens is 158 g/mol. The van der Waals surface area contributed by atoms with E-state index in [-0.39, 0.29) is 0 Å². The number of alkyl halides is 1. The lowest BCUT2D eigenvalue weighted by Gasteiger charge is -1.84. The lowest BCUT2D eigenvalue weighted by molar-refractivity contribution is 0.776. The second-order valence-electron chi connectivity index (χ2n) is 2.28. The van der Waals surface area contributed by atoms with Crippen LogP contribution >= 0.6 is 11.6 Å². The number of halogens is 1. The quantitative estimate of drug-likeness (QED) is 0.533. The molecule has 1 aromatic rings. The van der Waals surface area contributed by atoms with Crippen LogP contribution in [0.2, 0.25) is 0 Å². The van der Waals surface area contributed by atoms with Gasteiger partial charge in [-0.05, 0) is 18.6 Å². The minimum absolute atomic E-state index is 0.827. The molecule has 1 nitrogen and oxygen atoms in total. The van der Waals surface area contributed by atoms with Gasteiger partial charge in [0.25, 0.3) is 0 Å². The van der Waals surface area contributed by atoms with Crippen LogP contribution in [0.15, 0.2) is 24.5 Å². The van der Waals surface area contributed by atoms with Crippen LogP contribution in [0.1, 0.15) is 26.2 Å². The molecule has 0 aliphatic carbocycles. The van der Waals surface area contributed by atoms with Crippen molar-refractivity contribution in [1.82, 2.24) is 4.98 Å². The van der Waals surface area contributed by atoms with Crippen molar-refractivity contribution in [2.24, 2.45) is 0 Å². The first-order valence-electron chi connectivity index (χ1n) is 4.05. The van der Waals surface area contributed by atoms with Gasteiger partial charge in [-0.15, -0.1) is 11.6 Å². The van der Waals surface area contributed by atoms with Crippen molar-refractivity contribution in [2.75, 3.05) is 5.88 Å². The van der Waals surface area contributed by atoms with Crippen molar-refractivity contribution < 1.29 is 0 Å². The molecule has 1 N–H and O–H groups in total. The molecule has 0 bridgehead atoms. The summed E-state index contributed by atoms with van der Waals surface area (Å²) in [6.07, 6.45) is 7.48. The number of nitrogens with one attached hydrogen (secondary N) is 1. The van der Waals surface area contributed by atoms with Crippen LogP contribution in [0.3, 0.4) is 0 Å². The first-order chi connectivity index (χ1) is 5.41. The van der Waals surface area contributed by atoms with Gasteiger partial charge in [0.15, 0.2) is 0 Å². The van der Waals surface area contributed by atoms with Crippen molar-refractivity contribution in [3.8, 4) is 0 Å². The van der Waals surface area contributed by atoms with Gasteiger partial charge in [-0.3, -0.25) is 0 Å². The van der Waals surface area contributed by atoms with E-state index in [9.17, 15) is 0 Å². The molecule has 0 fully saturated rings. The highest BCUT2D eigenvalue weighted by atomic mass is 35.5. The summed E-state index contributed by atoms with van der Waals surface area (Å²) in [4.78, 5) is 2.86. The molecule has 0 aliphatic rings. The molecule has 1 rings (SSSR count). The highest BCUT2D eigenvalue weighted by molar-refractivity contribution is 6.17. The predicted molar refractivity (Wildman–Crippen MR) is 51.0 cm³/mol. The number of unbranched alkanes of at least 4 members (excludes halogenated alkanes) is 2. The minimum Gasteiger partial charge on any atom is -0.368 e. The average molecular weight is 174 g/mol. The van der Waals surface area contributed by atoms with Gasteiger partial charge in [0.1, 0.15) is 0 Å². The topological polar surface area (TPSA) is 15.8 Å². The molecule has 0 aliphatic heterocycles. The van der Waals surface area contributed by atoms with E-state index in [4.69, 9.17) is 11.6 Å². The van der Waals surface area contributed by atoms with Crippen molar-refractivity contribution >= 4 is 11.6 Å². The van der Waals surface area contributed by atoms with E-state index < -0.39 is 0 Å². The molecule has 0 atom stereocenters. The lowest BCUT2D eigenvalue weighted by atomic mass is 10.3. The molecule has 1 heterocycles. The summed E-state index contributed by atoms with van der Waals surface area (Å²) >= 11 is 5.38. The molecule has 0 amide bonds. The molecule has 0 spiro atoms. The Balaban J connectivity index is 0.000000183. The van der Waals surface area contributed by atoms with Crippen LogP contribution in [0.25, 0.3) is 0 Å². The predicted octanol–water partition coefficient (Wildman–Crippen LogP) is 3.43. The summed E-state index contributed by atoms with van der Waals surface area (Å²) in [6.45, 7) is 2.17. The zero-order valence-electron chi connectivity index (χ0n) is 7.02. The second kappa shape index (κ2) is 9.57. The van der Waals surface area contributed by atoms with E-state index in [1.807, 2.05) is 24.5 Å². The van der Waals surface area contributed by atoms with E-state index in [2.05, 4.69) is 11.9 Å². The summed E-state index contributed by atoms with van der Waals surface area (Å²) in [5.41, 5.74) is 0. The maximum atomic E-state index is 5.38. The smallest absolute Gasteiger partial charge is 0.0223 e. The van der Waals surface area contributed by atoms with E-state index in [1.165, 1.54) is 19.3 Å². The van der Waals surface area contributed by atoms with Crippen LogP contribution in [0.4, 0.5) is 0 Å². The zero-order valence-corrected chi connectivity index (χ0v) is 7.77. The average Bonchev–Trinajstić information content (AvgIpc) is 2.57. The molecule has 2 heteroatoms. The number of H-pyrrole nitrogens is 1. The van der Waals surface area contributed by atoms with E-state index in [0.717, 1.165) is 5.88 Å². The third-order valence-corrected chi connectivity index (χ3v) is 1.50. The molecule has 11 heavy (non-hydrogen) atoms. The third kappa shape index (κ3) is 9.57.